The predicted molar refractivity (Wildman–Crippen MR) is 57.1 cm³/mol. The SMILES string of the molecule is Fc1cccc(NCCn2ccnc2)c1. The van der Waals surface area contributed by atoms with Gasteiger partial charge in [0.25, 0.3) is 0 Å². The number of anilines is 1. The molecule has 0 bridgehead atoms. The lowest BCUT2D eigenvalue weighted by Gasteiger charge is -2.06. The molecule has 0 spiro atoms. The fourth-order valence-corrected chi connectivity index (χ4v) is 1.35. The molecule has 2 rings (SSSR count). The summed E-state index contributed by atoms with van der Waals surface area (Å²) in [6.45, 7) is 1.57. The Labute approximate surface area is 87.6 Å². The minimum absolute atomic E-state index is 0.220. The van der Waals surface area contributed by atoms with E-state index in [9.17, 15) is 4.39 Å². The van der Waals surface area contributed by atoms with Crippen LogP contribution in [0.25, 0.3) is 0 Å². The molecule has 0 saturated carbocycles. The Morgan fingerprint density at radius 3 is 3.07 bits per heavy atom. The van der Waals surface area contributed by atoms with Gasteiger partial charge in [0.1, 0.15) is 5.82 Å². The lowest BCUT2D eigenvalue weighted by molar-refractivity contribution is 0.628. The lowest BCUT2D eigenvalue weighted by atomic mass is 10.3. The van der Waals surface area contributed by atoms with Crippen molar-refractivity contribution in [2.45, 2.75) is 6.54 Å². The van der Waals surface area contributed by atoms with E-state index in [0.29, 0.717) is 0 Å². The van der Waals surface area contributed by atoms with Crippen LogP contribution in [0.1, 0.15) is 0 Å². The van der Waals surface area contributed by atoms with Gasteiger partial charge in [0.2, 0.25) is 0 Å². The molecule has 1 aromatic heterocycles. The third-order valence-corrected chi connectivity index (χ3v) is 2.08. The van der Waals surface area contributed by atoms with Gasteiger partial charge in [-0.25, -0.2) is 9.37 Å². The van der Waals surface area contributed by atoms with Crippen molar-refractivity contribution >= 4 is 5.69 Å². The zero-order valence-electron chi connectivity index (χ0n) is 8.23. The molecule has 0 amide bonds. The molecule has 3 nitrogen and oxygen atoms in total. The van der Waals surface area contributed by atoms with Gasteiger partial charge in [-0.1, -0.05) is 6.07 Å². The van der Waals surface area contributed by atoms with Crippen LogP contribution < -0.4 is 5.32 Å². The molecule has 0 aliphatic rings. The summed E-state index contributed by atoms with van der Waals surface area (Å²) >= 11 is 0. The Hall–Kier alpha value is -1.84. The molecular weight excluding hydrogens is 193 g/mol. The fraction of sp³-hybridized carbons (Fsp3) is 0.182. The van der Waals surface area contributed by atoms with E-state index in [2.05, 4.69) is 10.3 Å². The Kier molecular flexibility index (Phi) is 2.97. The van der Waals surface area contributed by atoms with E-state index in [0.717, 1.165) is 18.8 Å². The summed E-state index contributed by atoms with van der Waals surface area (Å²) in [6, 6.07) is 6.45. The first-order chi connectivity index (χ1) is 7.34. The van der Waals surface area contributed by atoms with Crippen molar-refractivity contribution in [3.63, 3.8) is 0 Å². The van der Waals surface area contributed by atoms with Crippen LogP contribution in [0.4, 0.5) is 10.1 Å². The third-order valence-electron chi connectivity index (χ3n) is 2.08. The molecule has 1 N–H and O–H groups in total. The molecule has 0 saturated heterocycles. The van der Waals surface area contributed by atoms with Crippen LogP contribution in [-0.4, -0.2) is 16.1 Å². The molecular formula is C11H12FN3. The molecule has 0 atom stereocenters. The number of imidazole rings is 1. The van der Waals surface area contributed by atoms with Crippen molar-refractivity contribution in [2.24, 2.45) is 0 Å². The molecule has 0 fully saturated rings. The van der Waals surface area contributed by atoms with Gasteiger partial charge < -0.3 is 9.88 Å². The summed E-state index contributed by atoms with van der Waals surface area (Å²) in [5.41, 5.74) is 0.801. The van der Waals surface area contributed by atoms with Crippen LogP contribution in [-0.2, 0) is 6.54 Å². The Morgan fingerprint density at radius 1 is 1.40 bits per heavy atom. The lowest BCUT2D eigenvalue weighted by Crippen LogP contribution is -2.09. The first-order valence-electron chi connectivity index (χ1n) is 4.80. The van der Waals surface area contributed by atoms with E-state index in [4.69, 9.17) is 0 Å². The van der Waals surface area contributed by atoms with E-state index in [1.54, 1.807) is 18.6 Å². The van der Waals surface area contributed by atoms with Crippen LogP contribution in [0.5, 0.6) is 0 Å². The van der Waals surface area contributed by atoms with E-state index in [-0.39, 0.29) is 5.82 Å². The van der Waals surface area contributed by atoms with Crippen molar-refractivity contribution in [1.82, 2.24) is 9.55 Å². The van der Waals surface area contributed by atoms with E-state index in [1.807, 2.05) is 16.8 Å². The first kappa shape index (κ1) is 9.71. The average molecular weight is 205 g/mol. The number of benzene rings is 1. The maximum absolute atomic E-state index is 12.8. The van der Waals surface area contributed by atoms with Gasteiger partial charge in [-0.2, -0.15) is 0 Å². The highest BCUT2D eigenvalue weighted by molar-refractivity contribution is 5.42. The second-order valence-corrected chi connectivity index (χ2v) is 3.24. The second kappa shape index (κ2) is 4.59. The molecule has 1 aromatic carbocycles. The quantitative estimate of drug-likeness (QED) is 0.828. The number of hydrogen-bond acceptors (Lipinski definition) is 2. The highest BCUT2D eigenvalue weighted by Gasteiger charge is 1.94. The monoisotopic (exact) mass is 205 g/mol. The van der Waals surface area contributed by atoms with Crippen molar-refractivity contribution in [1.29, 1.82) is 0 Å². The largest absolute Gasteiger partial charge is 0.383 e. The number of halogens is 1. The molecule has 1 heterocycles. The van der Waals surface area contributed by atoms with Gasteiger partial charge in [0.15, 0.2) is 0 Å². The summed E-state index contributed by atoms with van der Waals surface area (Å²) in [7, 11) is 0. The fourth-order valence-electron chi connectivity index (χ4n) is 1.35. The maximum Gasteiger partial charge on any atom is 0.125 e. The zero-order valence-corrected chi connectivity index (χ0v) is 8.23. The highest BCUT2D eigenvalue weighted by Crippen LogP contribution is 2.08. The van der Waals surface area contributed by atoms with Crippen LogP contribution in [0, 0.1) is 5.82 Å². The summed E-state index contributed by atoms with van der Waals surface area (Å²) in [5, 5.41) is 3.14. The predicted octanol–water partition coefficient (Wildman–Crippen LogP) is 2.13. The Bertz CT molecular complexity index is 412. The number of rotatable bonds is 4. The molecule has 78 valence electrons. The molecule has 2 aromatic rings. The standard InChI is InChI=1S/C11H12FN3/c12-10-2-1-3-11(8-10)14-5-7-15-6-4-13-9-15/h1-4,6,8-9,14H,5,7H2. The summed E-state index contributed by atoms with van der Waals surface area (Å²) < 4.78 is 14.8. The first-order valence-corrected chi connectivity index (χ1v) is 4.80. The molecule has 0 aliphatic carbocycles. The summed E-state index contributed by atoms with van der Waals surface area (Å²) in [5.74, 6) is -0.220. The third kappa shape index (κ3) is 2.80. The van der Waals surface area contributed by atoms with E-state index in [1.165, 1.54) is 12.1 Å². The van der Waals surface area contributed by atoms with E-state index >= 15 is 0 Å². The molecule has 15 heavy (non-hydrogen) atoms. The van der Waals surface area contributed by atoms with Gasteiger partial charge in [-0.3, -0.25) is 0 Å². The van der Waals surface area contributed by atoms with Crippen molar-refractivity contribution in [3.05, 3.63) is 48.8 Å². The van der Waals surface area contributed by atoms with Crippen LogP contribution in [0.2, 0.25) is 0 Å². The number of aromatic nitrogens is 2. The summed E-state index contributed by atoms with van der Waals surface area (Å²) in [6.07, 6.45) is 5.39. The molecule has 4 heteroatoms. The topological polar surface area (TPSA) is 29.9 Å². The maximum atomic E-state index is 12.8. The average Bonchev–Trinajstić information content (AvgIpc) is 2.71. The van der Waals surface area contributed by atoms with Gasteiger partial charge in [0, 0.05) is 31.2 Å². The second-order valence-electron chi connectivity index (χ2n) is 3.24. The highest BCUT2D eigenvalue weighted by atomic mass is 19.1. The van der Waals surface area contributed by atoms with Crippen LogP contribution in [0.15, 0.2) is 43.0 Å². The molecule has 0 unspecified atom stereocenters. The van der Waals surface area contributed by atoms with Crippen molar-refractivity contribution in [2.75, 3.05) is 11.9 Å². The summed E-state index contributed by atoms with van der Waals surface area (Å²) in [4.78, 5) is 3.94. The van der Waals surface area contributed by atoms with Gasteiger partial charge in [-0.05, 0) is 18.2 Å². The molecule has 0 radical (unpaired) electrons. The Morgan fingerprint density at radius 2 is 2.33 bits per heavy atom. The minimum atomic E-state index is -0.220. The van der Waals surface area contributed by atoms with Gasteiger partial charge >= 0.3 is 0 Å². The van der Waals surface area contributed by atoms with Gasteiger partial charge in [0.05, 0.1) is 6.33 Å². The number of nitrogens with zero attached hydrogens (tertiary/aromatic N) is 2. The van der Waals surface area contributed by atoms with Crippen LogP contribution >= 0.6 is 0 Å². The smallest absolute Gasteiger partial charge is 0.125 e. The normalized spacial score (nSPS) is 10.2. The Balaban J connectivity index is 1.83. The van der Waals surface area contributed by atoms with Gasteiger partial charge in [-0.15, -0.1) is 0 Å². The zero-order chi connectivity index (χ0) is 10.5. The van der Waals surface area contributed by atoms with Crippen LogP contribution in [0.3, 0.4) is 0 Å². The molecule has 0 aliphatic heterocycles. The van der Waals surface area contributed by atoms with E-state index < -0.39 is 0 Å². The number of hydrogen-bond donors (Lipinski definition) is 1. The number of nitrogens with one attached hydrogen (secondary N) is 1. The minimum Gasteiger partial charge on any atom is -0.383 e. The van der Waals surface area contributed by atoms with Crippen molar-refractivity contribution in [3.8, 4) is 0 Å². The van der Waals surface area contributed by atoms with Crippen molar-refractivity contribution < 1.29 is 4.39 Å².